The third-order valence-electron chi connectivity index (χ3n) is 4.47. The van der Waals surface area contributed by atoms with Gasteiger partial charge in [0.15, 0.2) is 0 Å². The number of rotatable bonds is 7. The minimum atomic E-state index is -0.367. The van der Waals surface area contributed by atoms with Gasteiger partial charge in [-0.05, 0) is 31.2 Å². The zero-order valence-electron chi connectivity index (χ0n) is 13.3. The van der Waals surface area contributed by atoms with E-state index in [9.17, 15) is 9.59 Å². The Morgan fingerprint density at radius 3 is 2.59 bits per heavy atom. The molecular weight excluding hydrogens is 298 g/mol. The van der Waals surface area contributed by atoms with Crippen LogP contribution in [0, 0.1) is 0 Å². The molecule has 0 saturated heterocycles. The van der Waals surface area contributed by atoms with Crippen LogP contribution in [0.5, 0.6) is 0 Å². The molecule has 1 aromatic heterocycles. The van der Waals surface area contributed by atoms with Crippen molar-refractivity contribution in [3.8, 4) is 0 Å². The fourth-order valence-corrected chi connectivity index (χ4v) is 3.83. The van der Waals surface area contributed by atoms with Crippen molar-refractivity contribution in [2.24, 2.45) is 5.73 Å². The van der Waals surface area contributed by atoms with E-state index < -0.39 is 0 Å². The number of primary amides is 1. The van der Waals surface area contributed by atoms with Crippen LogP contribution in [0.4, 0.5) is 0 Å². The molecule has 22 heavy (non-hydrogen) atoms. The van der Waals surface area contributed by atoms with Crippen LogP contribution < -0.4 is 5.73 Å². The summed E-state index contributed by atoms with van der Waals surface area (Å²) in [4.78, 5) is 28.7. The molecule has 1 aliphatic rings. The molecule has 0 spiro atoms. The summed E-state index contributed by atoms with van der Waals surface area (Å²) < 4.78 is 0. The van der Waals surface area contributed by atoms with Crippen LogP contribution in [-0.4, -0.2) is 47.8 Å². The molecule has 1 fully saturated rings. The molecule has 5 nitrogen and oxygen atoms in total. The van der Waals surface area contributed by atoms with E-state index in [0.717, 1.165) is 30.6 Å². The molecule has 0 bridgehead atoms. The van der Waals surface area contributed by atoms with Crippen LogP contribution in [0.3, 0.4) is 0 Å². The number of nitrogens with zero attached hydrogens (tertiary/aromatic N) is 2. The maximum Gasteiger partial charge on any atom is 0.237 e. The van der Waals surface area contributed by atoms with Gasteiger partial charge in [-0.15, -0.1) is 11.3 Å². The van der Waals surface area contributed by atoms with E-state index >= 15 is 0 Å². The minimum Gasteiger partial charge on any atom is -0.369 e. The summed E-state index contributed by atoms with van der Waals surface area (Å²) in [5.74, 6) is -0.331. The van der Waals surface area contributed by atoms with Crippen molar-refractivity contribution in [2.75, 3.05) is 20.1 Å². The number of carbonyl (C=O) groups excluding carboxylic acids is 2. The molecule has 6 heteroatoms. The summed E-state index contributed by atoms with van der Waals surface area (Å²) in [6.45, 7) is 2.45. The van der Waals surface area contributed by atoms with Crippen molar-refractivity contribution < 1.29 is 9.59 Å². The SMILES string of the molecule is C[C@@H](c1cccs1)N(C)C(=O)CN(CC(N)=O)C1CCCC1. The lowest BCUT2D eigenvalue weighted by molar-refractivity contribution is -0.134. The number of nitrogens with two attached hydrogens (primary N) is 1. The molecule has 1 atom stereocenters. The Labute approximate surface area is 136 Å². The van der Waals surface area contributed by atoms with Gasteiger partial charge < -0.3 is 10.6 Å². The summed E-state index contributed by atoms with van der Waals surface area (Å²) in [6.07, 6.45) is 4.42. The highest BCUT2D eigenvalue weighted by Crippen LogP contribution is 2.25. The van der Waals surface area contributed by atoms with Crippen LogP contribution in [0.2, 0.25) is 0 Å². The monoisotopic (exact) mass is 323 g/mol. The van der Waals surface area contributed by atoms with Crippen LogP contribution >= 0.6 is 11.3 Å². The summed E-state index contributed by atoms with van der Waals surface area (Å²) in [5.41, 5.74) is 5.35. The number of likely N-dealkylation sites (N-methyl/N-ethyl adjacent to an activating group) is 1. The molecule has 0 aliphatic heterocycles. The Morgan fingerprint density at radius 2 is 2.05 bits per heavy atom. The van der Waals surface area contributed by atoms with Gasteiger partial charge in [0.1, 0.15) is 0 Å². The van der Waals surface area contributed by atoms with Gasteiger partial charge in [0.2, 0.25) is 11.8 Å². The third-order valence-corrected chi connectivity index (χ3v) is 5.51. The van der Waals surface area contributed by atoms with Crippen molar-refractivity contribution >= 4 is 23.2 Å². The predicted molar refractivity (Wildman–Crippen MR) is 88.5 cm³/mol. The normalized spacial score (nSPS) is 16.9. The van der Waals surface area contributed by atoms with Gasteiger partial charge in [-0.3, -0.25) is 14.5 Å². The van der Waals surface area contributed by atoms with Crippen LogP contribution in [-0.2, 0) is 9.59 Å². The van der Waals surface area contributed by atoms with Crippen molar-refractivity contribution in [3.63, 3.8) is 0 Å². The summed E-state index contributed by atoms with van der Waals surface area (Å²) >= 11 is 1.65. The highest BCUT2D eigenvalue weighted by molar-refractivity contribution is 7.10. The van der Waals surface area contributed by atoms with Crippen molar-refractivity contribution in [1.29, 1.82) is 0 Å². The molecule has 122 valence electrons. The number of hydrogen-bond acceptors (Lipinski definition) is 4. The topological polar surface area (TPSA) is 66.6 Å². The largest absolute Gasteiger partial charge is 0.369 e. The highest BCUT2D eigenvalue weighted by Gasteiger charge is 2.27. The lowest BCUT2D eigenvalue weighted by Crippen LogP contribution is -2.46. The fraction of sp³-hybridized carbons (Fsp3) is 0.625. The molecule has 0 aromatic carbocycles. The molecular formula is C16H25N3O2S. The number of thiophene rings is 1. The van der Waals surface area contributed by atoms with Gasteiger partial charge in [-0.1, -0.05) is 18.9 Å². The highest BCUT2D eigenvalue weighted by atomic mass is 32.1. The number of amides is 2. The Kier molecular flexibility index (Phi) is 5.97. The van der Waals surface area contributed by atoms with E-state index in [1.54, 1.807) is 16.2 Å². The summed E-state index contributed by atoms with van der Waals surface area (Å²) in [5, 5.41) is 2.02. The van der Waals surface area contributed by atoms with Gasteiger partial charge in [0.05, 0.1) is 19.1 Å². The first-order chi connectivity index (χ1) is 10.5. The lowest BCUT2D eigenvalue weighted by atomic mass is 10.2. The third kappa shape index (κ3) is 4.30. The van der Waals surface area contributed by atoms with Gasteiger partial charge in [-0.2, -0.15) is 0 Å². The van der Waals surface area contributed by atoms with Crippen LogP contribution in [0.15, 0.2) is 17.5 Å². The predicted octanol–water partition coefficient (Wildman–Crippen LogP) is 2.00. The molecule has 2 N–H and O–H groups in total. The smallest absolute Gasteiger partial charge is 0.237 e. The fourth-order valence-electron chi connectivity index (χ4n) is 3.00. The average Bonchev–Trinajstić information content (AvgIpc) is 3.16. The molecule has 1 saturated carbocycles. The van der Waals surface area contributed by atoms with E-state index in [0.29, 0.717) is 6.04 Å². The maximum atomic E-state index is 12.6. The number of carbonyl (C=O) groups is 2. The Morgan fingerprint density at radius 1 is 1.36 bits per heavy atom. The minimum absolute atomic E-state index is 0.0362. The van der Waals surface area contributed by atoms with Gasteiger partial charge >= 0.3 is 0 Å². The quantitative estimate of drug-likeness (QED) is 0.834. The molecule has 0 unspecified atom stereocenters. The second-order valence-electron chi connectivity index (χ2n) is 6.01. The van der Waals surface area contributed by atoms with E-state index in [1.165, 1.54) is 0 Å². The van der Waals surface area contributed by atoms with E-state index in [1.807, 2.05) is 36.4 Å². The molecule has 1 aliphatic carbocycles. The molecule has 1 heterocycles. The average molecular weight is 323 g/mol. The molecule has 2 amide bonds. The molecule has 2 rings (SSSR count). The van der Waals surface area contributed by atoms with E-state index in [-0.39, 0.29) is 30.9 Å². The van der Waals surface area contributed by atoms with Crippen molar-refractivity contribution in [1.82, 2.24) is 9.80 Å². The summed E-state index contributed by atoms with van der Waals surface area (Å²) in [7, 11) is 1.82. The first-order valence-electron chi connectivity index (χ1n) is 7.80. The molecule has 1 aromatic rings. The van der Waals surface area contributed by atoms with Gasteiger partial charge in [-0.25, -0.2) is 0 Å². The van der Waals surface area contributed by atoms with E-state index in [4.69, 9.17) is 5.73 Å². The molecule has 0 radical (unpaired) electrons. The number of hydrogen-bond donors (Lipinski definition) is 1. The van der Waals surface area contributed by atoms with Gasteiger partial charge in [0, 0.05) is 18.0 Å². The second-order valence-corrected chi connectivity index (χ2v) is 6.98. The van der Waals surface area contributed by atoms with Gasteiger partial charge in [0.25, 0.3) is 0 Å². The summed E-state index contributed by atoms with van der Waals surface area (Å²) in [6, 6.07) is 4.39. The lowest BCUT2D eigenvalue weighted by Gasteiger charge is -2.31. The van der Waals surface area contributed by atoms with Crippen molar-refractivity contribution in [3.05, 3.63) is 22.4 Å². The maximum absolute atomic E-state index is 12.6. The Hall–Kier alpha value is -1.40. The van der Waals surface area contributed by atoms with Crippen LogP contribution in [0.1, 0.15) is 43.5 Å². The van der Waals surface area contributed by atoms with Crippen molar-refractivity contribution in [2.45, 2.75) is 44.7 Å². The van der Waals surface area contributed by atoms with Crippen LogP contribution in [0.25, 0.3) is 0 Å². The first-order valence-corrected chi connectivity index (χ1v) is 8.68. The van der Waals surface area contributed by atoms with E-state index in [2.05, 4.69) is 0 Å². The Balaban J connectivity index is 1.98. The Bertz CT molecular complexity index is 497. The standard InChI is InChI=1S/C16H25N3O2S/c1-12(14-8-5-9-22-14)18(2)16(21)11-19(10-15(17)20)13-6-3-4-7-13/h5,8-9,12-13H,3-4,6-7,10-11H2,1-2H3,(H2,17,20)/t12-/m0/s1. The first kappa shape index (κ1) is 17.0. The zero-order chi connectivity index (χ0) is 16.1. The second kappa shape index (κ2) is 7.74. The zero-order valence-corrected chi connectivity index (χ0v) is 14.1.